The average molecular weight is 529 g/mol. The van der Waals surface area contributed by atoms with Crippen LogP contribution in [0.15, 0.2) is 88.3 Å². The third kappa shape index (κ3) is 7.19. The molecule has 0 N–H and O–H groups in total. The second-order valence-electron chi connectivity index (χ2n) is 10.2. The molecule has 4 aromatic rings. The molecule has 3 aromatic carbocycles. The zero-order chi connectivity index (χ0) is 27.9. The van der Waals surface area contributed by atoms with Crippen molar-refractivity contribution in [1.29, 1.82) is 0 Å². The van der Waals surface area contributed by atoms with E-state index in [2.05, 4.69) is 0 Å². The second-order valence-corrected chi connectivity index (χ2v) is 10.2. The molecular weight excluding hydrogens is 495 g/mol. The van der Waals surface area contributed by atoms with Gasteiger partial charge in [-0.05, 0) is 61.2 Å². The van der Waals surface area contributed by atoms with Crippen molar-refractivity contribution in [3.8, 4) is 0 Å². The lowest BCUT2D eigenvalue weighted by atomic mass is 10.1. The first-order valence-corrected chi connectivity index (χ1v) is 13.1. The number of hydrogen-bond acceptors (Lipinski definition) is 4. The van der Waals surface area contributed by atoms with Crippen molar-refractivity contribution in [3.05, 3.63) is 117 Å². The Bertz CT molecular complexity index is 1500. The highest BCUT2D eigenvalue weighted by atomic mass is 19.1. The molecule has 1 heterocycles. The Labute approximate surface area is 227 Å². The summed E-state index contributed by atoms with van der Waals surface area (Å²) in [5.74, 6) is -0.768. The largest absolute Gasteiger partial charge is 0.464 e. The summed E-state index contributed by atoms with van der Waals surface area (Å²) in [7, 11) is 0. The van der Waals surface area contributed by atoms with Crippen LogP contribution in [0.2, 0.25) is 0 Å². The molecule has 4 rings (SSSR count). The van der Waals surface area contributed by atoms with Gasteiger partial charge < -0.3 is 14.2 Å². The van der Waals surface area contributed by atoms with E-state index >= 15 is 0 Å². The van der Waals surface area contributed by atoms with Crippen LogP contribution in [0.5, 0.6) is 0 Å². The van der Waals surface area contributed by atoms with E-state index in [1.807, 2.05) is 57.2 Å². The molecule has 39 heavy (non-hydrogen) atoms. The van der Waals surface area contributed by atoms with E-state index in [0.717, 1.165) is 11.1 Å². The zero-order valence-corrected chi connectivity index (χ0v) is 22.5. The Morgan fingerprint density at radius 1 is 0.923 bits per heavy atom. The van der Waals surface area contributed by atoms with Gasteiger partial charge in [0.25, 0.3) is 5.91 Å². The van der Waals surface area contributed by atoms with Gasteiger partial charge in [0.1, 0.15) is 17.9 Å². The number of aryl methyl sites for hydroxylation is 1. The maximum absolute atomic E-state index is 13.8. The topological polar surface area (TPSA) is 70.8 Å². The Kier molecular flexibility index (Phi) is 8.92. The first kappa shape index (κ1) is 27.8. The molecule has 0 atom stereocenters. The minimum Gasteiger partial charge on any atom is -0.464 e. The van der Waals surface area contributed by atoms with Crippen molar-refractivity contribution in [3.63, 3.8) is 0 Å². The van der Waals surface area contributed by atoms with Gasteiger partial charge in [-0.15, -0.1) is 0 Å². The number of benzene rings is 3. The number of carbonyl (C=O) groups excluding carboxylic acids is 2. The fourth-order valence-electron chi connectivity index (χ4n) is 4.34. The Morgan fingerprint density at radius 2 is 1.64 bits per heavy atom. The summed E-state index contributed by atoms with van der Waals surface area (Å²) in [6.07, 6.45) is 2.11. The third-order valence-corrected chi connectivity index (χ3v) is 6.61. The quantitative estimate of drug-likeness (QED) is 0.255. The van der Waals surface area contributed by atoms with E-state index in [1.54, 1.807) is 17.0 Å². The number of hydrogen-bond donors (Lipinski definition) is 0. The van der Waals surface area contributed by atoms with Crippen LogP contribution >= 0.6 is 0 Å². The summed E-state index contributed by atoms with van der Waals surface area (Å²) in [6, 6.07) is 20.2. The maximum atomic E-state index is 13.8. The molecule has 0 radical (unpaired) electrons. The molecular formula is C32H33FN2O4. The normalized spacial score (nSPS) is 11.1. The fraction of sp³-hybridized carbons (Fsp3) is 0.281. The van der Waals surface area contributed by atoms with Gasteiger partial charge in [0.2, 0.25) is 5.91 Å². The van der Waals surface area contributed by atoms with Crippen molar-refractivity contribution in [2.24, 2.45) is 5.92 Å². The van der Waals surface area contributed by atoms with Gasteiger partial charge in [-0.25, -0.2) is 4.39 Å². The predicted molar refractivity (Wildman–Crippen MR) is 150 cm³/mol. The molecule has 2 amide bonds. The minimum atomic E-state index is -0.435. The van der Waals surface area contributed by atoms with Crippen LogP contribution in [0, 0.1) is 18.7 Å². The molecule has 1 aromatic heterocycles. The highest BCUT2D eigenvalue weighted by molar-refractivity contribution is 5.96. The van der Waals surface area contributed by atoms with Crippen LogP contribution in [0.1, 0.15) is 47.3 Å². The molecule has 0 saturated heterocycles. The van der Waals surface area contributed by atoms with Crippen LogP contribution in [0.25, 0.3) is 11.0 Å². The van der Waals surface area contributed by atoms with Gasteiger partial charge in [0, 0.05) is 18.7 Å². The summed E-state index contributed by atoms with van der Waals surface area (Å²) in [5, 5.41) is 0.463. The zero-order valence-electron chi connectivity index (χ0n) is 22.5. The van der Waals surface area contributed by atoms with Crippen LogP contribution in [-0.4, -0.2) is 34.7 Å². The lowest BCUT2D eigenvalue weighted by molar-refractivity contribution is -0.133. The van der Waals surface area contributed by atoms with Crippen molar-refractivity contribution in [2.45, 2.75) is 40.3 Å². The fourth-order valence-corrected chi connectivity index (χ4v) is 4.34. The minimum absolute atomic E-state index is 0.0305. The number of amides is 2. The molecule has 202 valence electrons. The second kappa shape index (κ2) is 12.5. The number of rotatable bonds is 10. The molecule has 0 unspecified atom stereocenters. The van der Waals surface area contributed by atoms with E-state index in [0.29, 0.717) is 41.0 Å². The molecule has 0 bridgehead atoms. The summed E-state index contributed by atoms with van der Waals surface area (Å²) in [6.45, 7) is 6.48. The predicted octanol–water partition coefficient (Wildman–Crippen LogP) is 5.96. The summed E-state index contributed by atoms with van der Waals surface area (Å²) in [5.41, 5.74) is 2.80. The Hall–Kier alpha value is -4.26. The van der Waals surface area contributed by atoms with Crippen LogP contribution in [-0.2, 0) is 17.9 Å². The van der Waals surface area contributed by atoms with Crippen molar-refractivity contribution >= 4 is 22.8 Å². The Morgan fingerprint density at radius 3 is 2.33 bits per heavy atom. The van der Waals surface area contributed by atoms with Gasteiger partial charge >= 0.3 is 0 Å². The van der Waals surface area contributed by atoms with Gasteiger partial charge in [-0.2, -0.15) is 0 Å². The van der Waals surface area contributed by atoms with Crippen LogP contribution in [0.3, 0.4) is 0 Å². The first-order valence-electron chi connectivity index (χ1n) is 13.1. The highest BCUT2D eigenvalue weighted by Gasteiger charge is 2.24. The summed E-state index contributed by atoms with van der Waals surface area (Å²) < 4.78 is 19.2. The Balaban J connectivity index is 1.63. The lowest BCUT2D eigenvalue weighted by Crippen LogP contribution is -2.43. The number of carbonyl (C=O) groups is 2. The molecule has 0 fully saturated rings. The molecule has 6 nitrogen and oxygen atoms in total. The number of nitrogens with zero attached hydrogens (tertiary/aromatic N) is 2. The van der Waals surface area contributed by atoms with E-state index in [-0.39, 0.29) is 36.9 Å². The van der Waals surface area contributed by atoms with Crippen LogP contribution < -0.4 is 5.43 Å². The third-order valence-electron chi connectivity index (χ3n) is 6.61. The lowest BCUT2D eigenvalue weighted by Gasteiger charge is -2.28. The smallest absolute Gasteiger partial charge is 0.254 e. The van der Waals surface area contributed by atoms with E-state index in [4.69, 9.17) is 4.42 Å². The molecule has 7 heteroatoms. The van der Waals surface area contributed by atoms with Gasteiger partial charge in [-0.3, -0.25) is 14.4 Å². The molecule has 0 saturated carbocycles. The van der Waals surface area contributed by atoms with E-state index in [1.165, 1.54) is 35.4 Å². The van der Waals surface area contributed by atoms with Gasteiger partial charge in [0.05, 0.1) is 23.8 Å². The molecule has 0 aliphatic heterocycles. The average Bonchev–Trinajstić information content (AvgIpc) is 2.92. The first-order chi connectivity index (χ1) is 18.7. The van der Waals surface area contributed by atoms with Crippen molar-refractivity contribution in [2.75, 3.05) is 13.1 Å². The van der Waals surface area contributed by atoms with Crippen LogP contribution in [0.4, 0.5) is 4.39 Å². The van der Waals surface area contributed by atoms with E-state index < -0.39 is 5.82 Å². The van der Waals surface area contributed by atoms with E-state index in [9.17, 15) is 18.8 Å². The maximum Gasteiger partial charge on any atom is 0.254 e. The van der Waals surface area contributed by atoms with Gasteiger partial charge in [-0.1, -0.05) is 55.8 Å². The van der Waals surface area contributed by atoms with Gasteiger partial charge in [0.15, 0.2) is 5.43 Å². The molecule has 0 aliphatic carbocycles. The van der Waals surface area contributed by atoms with Crippen molar-refractivity contribution < 1.29 is 18.4 Å². The number of fused-ring (bicyclic) bond motifs is 1. The molecule has 0 aliphatic rings. The standard InChI is InChI=1S/C32H33FN2O4/c1-22(2)15-16-34(32(38)25-10-12-27(33)13-11-25)20-30(36)35(18-24-7-5-4-6-8-24)19-26-21-39-29-14-9-23(3)17-28(29)31(26)37/h4-14,17,21-22H,15-16,18-20H2,1-3H3. The number of halogens is 1. The summed E-state index contributed by atoms with van der Waals surface area (Å²) in [4.78, 5) is 43.5. The SMILES string of the molecule is Cc1ccc2occ(CN(Cc3ccccc3)C(=O)CN(CCC(C)C)C(=O)c3ccc(F)cc3)c(=O)c2c1. The summed E-state index contributed by atoms with van der Waals surface area (Å²) >= 11 is 0. The highest BCUT2D eigenvalue weighted by Crippen LogP contribution is 2.17. The monoisotopic (exact) mass is 528 g/mol. The van der Waals surface area contributed by atoms with Crippen molar-refractivity contribution in [1.82, 2.24) is 9.80 Å². The molecule has 0 spiro atoms.